The quantitative estimate of drug-likeness (QED) is 0.740. The number of carbonyl (C=O) groups is 1. The second kappa shape index (κ2) is 4.29. The summed E-state index contributed by atoms with van der Waals surface area (Å²) in [6.07, 6.45) is 0. The number of phenolic OH excluding ortho intramolecular Hbond substituents is 2. The van der Waals surface area contributed by atoms with E-state index < -0.39 is 12.0 Å². The number of aliphatic carboxylic acids is 1. The normalized spacial score (nSPS) is 19.1. The zero-order valence-electron chi connectivity index (χ0n) is 9.04. The van der Waals surface area contributed by atoms with Crippen molar-refractivity contribution in [2.75, 3.05) is 5.75 Å². The molecule has 2 rings (SSSR count). The molecule has 0 saturated carbocycles. The number of hydrogen-bond donors (Lipinski definition) is 3. The Bertz CT molecular complexity index is 512. The molecule has 0 amide bonds. The van der Waals surface area contributed by atoms with Crippen LogP contribution in [0.3, 0.4) is 0 Å². The molecule has 0 spiro atoms. The Morgan fingerprint density at radius 2 is 2.18 bits per heavy atom. The van der Waals surface area contributed by atoms with Crippen molar-refractivity contribution < 1.29 is 20.1 Å². The highest BCUT2D eigenvalue weighted by atomic mass is 32.2. The van der Waals surface area contributed by atoms with Crippen molar-refractivity contribution in [2.24, 2.45) is 4.99 Å². The molecule has 1 aliphatic rings. The first-order chi connectivity index (χ1) is 8.00. The van der Waals surface area contributed by atoms with Gasteiger partial charge in [0.25, 0.3) is 0 Å². The van der Waals surface area contributed by atoms with Crippen LogP contribution < -0.4 is 0 Å². The minimum absolute atomic E-state index is 0.00429. The van der Waals surface area contributed by atoms with Crippen molar-refractivity contribution >= 4 is 22.8 Å². The summed E-state index contributed by atoms with van der Waals surface area (Å²) in [6, 6.07) is 2.23. The minimum atomic E-state index is -0.970. The predicted octanol–water partition coefficient (Wildman–Crippen LogP) is 1.35. The second-order valence-corrected chi connectivity index (χ2v) is 4.71. The zero-order chi connectivity index (χ0) is 12.6. The monoisotopic (exact) mass is 253 g/mol. The minimum Gasteiger partial charge on any atom is -0.508 e. The third-order valence-electron chi connectivity index (χ3n) is 2.57. The van der Waals surface area contributed by atoms with Gasteiger partial charge in [0.05, 0.1) is 0 Å². The summed E-state index contributed by atoms with van der Waals surface area (Å²) in [5.41, 5.74) is 0.832. The van der Waals surface area contributed by atoms with Crippen LogP contribution in [0.15, 0.2) is 17.1 Å². The van der Waals surface area contributed by atoms with E-state index in [2.05, 4.69) is 4.99 Å². The van der Waals surface area contributed by atoms with Gasteiger partial charge in [0.2, 0.25) is 0 Å². The number of carboxylic acid groups (broad SMARTS) is 1. The molecule has 0 fully saturated rings. The van der Waals surface area contributed by atoms with Crippen molar-refractivity contribution in [3.63, 3.8) is 0 Å². The maximum Gasteiger partial charge on any atom is 0.329 e. The molecule has 0 radical (unpaired) electrons. The molecule has 6 heteroatoms. The second-order valence-electron chi connectivity index (χ2n) is 3.71. The number of phenols is 2. The predicted molar refractivity (Wildman–Crippen MR) is 64.9 cm³/mol. The fourth-order valence-corrected chi connectivity index (χ4v) is 2.56. The maximum absolute atomic E-state index is 10.8. The largest absolute Gasteiger partial charge is 0.508 e. The zero-order valence-corrected chi connectivity index (χ0v) is 9.86. The summed E-state index contributed by atoms with van der Waals surface area (Å²) in [5, 5.41) is 28.6. The number of benzene rings is 1. The highest BCUT2D eigenvalue weighted by Crippen LogP contribution is 2.34. The number of rotatable bonds is 2. The van der Waals surface area contributed by atoms with Crippen LogP contribution in [0.1, 0.15) is 11.1 Å². The van der Waals surface area contributed by atoms with E-state index in [0.717, 1.165) is 0 Å². The molecule has 1 aromatic carbocycles. The fraction of sp³-hybridized carbons (Fsp3) is 0.273. The molecule has 3 N–H and O–H groups in total. The molecule has 1 unspecified atom stereocenters. The highest BCUT2D eigenvalue weighted by molar-refractivity contribution is 8.14. The molecule has 1 aliphatic heterocycles. The number of aromatic hydroxyl groups is 2. The average Bonchev–Trinajstić information content (AvgIpc) is 2.75. The molecule has 1 aromatic rings. The topological polar surface area (TPSA) is 90.1 Å². The molecule has 5 nitrogen and oxygen atoms in total. The van der Waals surface area contributed by atoms with Gasteiger partial charge in [-0.3, -0.25) is 4.99 Å². The maximum atomic E-state index is 10.8. The summed E-state index contributed by atoms with van der Waals surface area (Å²) in [4.78, 5) is 14.8. The molecule has 0 saturated heterocycles. The van der Waals surface area contributed by atoms with Gasteiger partial charge < -0.3 is 15.3 Å². The Morgan fingerprint density at radius 3 is 2.76 bits per heavy atom. The van der Waals surface area contributed by atoms with Crippen LogP contribution in [-0.2, 0) is 4.79 Å². The molecule has 1 heterocycles. The van der Waals surface area contributed by atoms with Crippen LogP contribution in [0, 0.1) is 6.92 Å². The van der Waals surface area contributed by atoms with Crippen LogP contribution in [0.2, 0.25) is 0 Å². The van der Waals surface area contributed by atoms with Crippen LogP contribution in [-0.4, -0.2) is 38.1 Å². The van der Waals surface area contributed by atoms with E-state index in [-0.39, 0.29) is 11.5 Å². The lowest BCUT2D eigenvalue weighted by molar-refractivity contribution is -0.137. The molecule has 17 heavy (non-hydrogen) atoms. The van der Waals surface area contributed by atoms with Gasteiger partial charge in [-0.15, -0.1) is 11.8 Å². The van der Waals surface area contributed by atoms with Crippen LogP contribution >= 0.6 is 11.8 Å². The lowest BCUT2D eigenvalue weighted by Crippen LogP contribution is -2.17. The lowest BCUT2D eigenvalue weighted by atomic mass is 10.1. The van der Waals surface area contributed by atoms with Gasteiger partial charge in [-0.05, 0) is 19.1 Å². The van der Waals surface area contributed by atoms with Gasteiger partial charge in [0.1, 0.15) is 16.5 Å². The van der Waals surface area contributed by atoms with Crippen molar-refractivity contribution in [3.05, 3.63) is 23.3 Å². The van der Waals surface area contributed by atoms with Gasteiger partial charge >= 0.3 is 5.97 Å². The Morgan fingerprint density at radius 1 is 1.47 bits per heavy atom. The summed E-state index contributed by atoms with van der Waals surface area (Å²) >= 11 is 1.29. The average molecular weight is 253 g/mol. The van der Waals surface area contributed by atoms with E-state index in [9.17, 15) is 15.0 Å². The Hall–Kier alpha value is -1.69. The van der Waals surface area contributed by atoms with E-state index in [4.69, 9.17) is 5.11 Å². The van der Waals surface area contributed by atoms with Crippen molar-refractivity contribution in [1.29, 1.82) is 0 Å². The van der Waals surface area contributed by atoms with Crippen LogP contribution in [0.4, 0.5) is 0 Å². The molecular formula is C11H11NO4S. The summed E-state index contributed by atoms with van der Waals surface area (Å²) < 4.78 is 0. The van der Waals surface area contributed by atoms with Crippen LogP contribution in [0.25, 0.3) is 0 Å². The summed E-state index contributed by atoms with van der Waals surface area (Å²) in [5.74, 6) is -0.654. The number of hydrogen-bond acceptors (Lipinski definition) is 5. The first-order valence-corrected chi connectivity index (χ1v) is 5.94. The van der Waals surface area contributed by atoms with Crippen molar-refractivity contribution in [1.82, 2.24) is 0 Å². The van der Waals surface area contributed by atoms with E-state index in [1.54, 1.807) is 6.92 Å². The van der Waals surface area contributed by atoms with Crippen LogP contribution in [0.5, 0.6) is 11.5 Å². The number of thioether (sulfide) groups is 1. The van der Waals surface area contributed by atoms with Gasteiger partial charge in [-0.25, -0.2) is 4.79 Å². The first kappa shape index (κ1) is 11.8. The Labute approximate surface area is 102 Å². The van der Waals surface area contributed by atoms with E-state index in [1.807, 2.05) is 0 Å². The standard InChI is InChI=1S/C11H11NO4S/c1-5-8(13)3-2-6(9(5)14)10-12-7(4-17-10)11(15)16/h2-3,7,13-14H,4H2,1H3,(H,15,16). The molecule has 0 aliphatic carbocycles. The molecular weight excluding hydrogens is 242 g/mol. The smallest absolute Gasteiger partial charge is 0.329 e. The van der Waals surface area contributed by atoms with Gasteiger partial charge in [0.15, 0.2) is 6.04 Å². The summed E-state index contributed by atoms with van der Waals surface area (Å²) in [7, 11) is 0. The lowest BCUT2D eigenvalue weighted by Gasteiger charge is -2.07. The number of carboxylic acids is 1. The van der Waals surface area contributed by atoms with Crippen molar-refractivity contribution in [2.45, 2.75) is 13.0 Å². The highest BCUT2D eigenvalue weighted by Gasteiger charge is 2.27. The van der Waals surface area contributed by atoms with E-state index in [1.165, 1.54) is 23.9 Å². The third-order valence-corrected chi connectivity index (χ3v) is 3.65. The third kappa shape index (κ3) is 2.08. The number of nitrogens with zero attached hydrogens (tertiary/aromatic N) is 1. The van der Waals surface area contributed by atoms with Gasteiger partial charge in [0, 0.05) is 16.9 Å². The van der Waals surface area contributed by atoms with Crippen molar-refractivity contribution in [3.8, 4) is 11.5 Å². The first-order valence-electron chi connectivity index (χ1n) is 4.96. The molecule has 0 aromatic heterocycles. The fourth-order valence-electron chi connectivity index (χ4n) is 1.51. The molecule has 1 atom stereocenters. The van der Waals surface area contributed by atoms with Gasteiger partial charge in [-0.1, -0.05) is 0 Å². The summed E-state index contributed by atoms with van der Waals surface area (Å²) in [6.45, 7) is 1.59. The van der Waals surface area contributed by atoms with E-state index >= 15 is 0 Å². The SMILES string of the molecule is Cc1c(O)ccc(C2=NC(C(=O)O)CS2)c1O. The molecule has 90 valence electrons. The Balaban J connectivity index is 2.40. The van der Waals surface area contributed by atoms with E-state index in [0.29, 0.717) is 21.9 Å². The Kier molecular flexibility index (Phi) is 2.97. The molecule has 0 bridgehead atoms. The number of aliphatic imine (C=N–C) groups is 1. The van der Waals surface area contributed by atoms with Gasteiger partial charge in [-0.2, -0.15) is 0 Å².